The van der Waals surface area contributed by atoms with Crippen molar-refractivity contribution in [1.29, 1.82) is 0 Å². The Morgan fingerprint density at radius 2 is 2.36 bits per heavy atom. The molecule has 0 saturated heterocycles. The molecular weight excluding hydrogens is 178 g/mol. The lowest BCUT2D eigenvalue weighted by Gasteiger charge is -2.05. The van der Waals surface area contributed by atoms with E-state index in [4.69, 9.17) is 11.5 Å². The van der Waals surface area contributed by atoms with Crippen LogP contribution in [0.5, 0.6) is 0 Å². The number of ketones is 1. The summed E-state index contributed by atoms with van der Waals surface area (Å²) in [6.45, 7) is 1.81. The molecule has 0 aliphatic carbocycles. The van der Waals surface area contributed by atoms with Crippen molar-refractivity contribution in [2.24, 2.45) is 5.73 Å². The van der Waals surface area contributed by atoms with E-state index in [1.807, 2.05) is 6.92 Å². The third kappa shape index (κ3) is 3.14. The maximum absolute atomic E-state index is 11.4. The van der Waals surface area contributed by atoms with Crippen molar-refractivity contribution in [3.8, 4) is 0 Å². The quantitative estimate of drug-likeness (QED) is 0.730. The maximum Gasteiger partial charge on any atom is 0.138 e. The fourth-order valence-corrected chi connectivity index (χ4v) is 1.23. The highest BCUT2D eigenvalue weighted by Crippen LogP contribution is 2.10. The normalized spacial score (nSPS) is 12.4. The van der Waals surface area contributed by atoms with Crippen LogP contribution in [-0.4, -0.2) is 16.8 Å². The lowest BCUT2D eigenvalue weighted by molar-refractivity contribution is -0.118. The number of pyridine rings is 1. The van der Waals surface area contributed by atoms with Gasteiger partial charge in [0.05, 0.1) is 0 Å². The second kappa shape index (κ2) is 4.72. The Morgan fingerprint density at radius 3 is 2.93 bits per heavy atom. The number of carbonyl (C=O) groups is 1. The molecular formula is C10H15N3O. The molecule has 1 aromatic heterocycles. The van der Waals surface area contributed by atoms with Gasteiger partial charge in [-0.2, -0.15) is 0 Å². The third-order valence-corrected chi connectivity index (χ3v) is 1.88. The maximum atomic E-state index is 11.4. The van der Waals surface area contributed by atoms with Gasteiger partial charge < -0.3 is 11.5 Å². The smallest absolute Gasteiger partial charge is 0.138 e. The minimum absolute atomic E-state index is 0.0969. The van der Waals surface area contributed by atoms with Crippen LogP contribution in [-0.2, 0) is 11.2 Å². The summed E-state index contributed by atoms with van der Waals surface area (Å²) < 4.78 is 0. The Morgan fingerprint density at radius 1 is 1.64 bits per heavy atom. The van der Waals surface area contributed by atoms with E-state index in [9.17, 15) is 4.79 Å². The summed E-state index contributed by atoms with van der Waals surface area (Å²) in [5.41, 5.74) is 12.6. The Balaban J connectivity index is 2.61. The minimum Gasteiger partial charge on any atom is -0.398 e. The summed E-state index contributed by atoms with van der Waals surface area (Å²) in [6, 6.07) is 1.59. The Kier molecular flexibility index (Phi) is 3.59. The molecule has 0 radical (unpaired) electrons. The molecule has 0 aromatic carbocycles. The monoisotopic (exact) mass is 193 g/mol. The molecule has 1 heterocycles. The van der Waals surface area contributed by atoms with E-state index in [2.05, 4.69) is 4.98 Å². The van der Waals surface area contributed by atoms with Crippen LogP contribution in [0, 0.1) is 0 Å². The lowest BCUT2D eigenvalue weighted by Crippen LogP contribution is -2.20. The number of rotatable bonds is 4. The number of hydrogen-bond acceptors (Lipinski definition) is 4. The first-order valence-corrected chi connectivity index (χ1v) is 4.55. The highest BCUT2D eigenvalue weighted by molar-refractivity contribution is 5.82. The molecule has 4 N–H and O–H groups in total. The number of anilines is 1. The molecule has 4 nitrogen and oxygen atoms in total. The second-order valence-electron chi connectivity index (χ2n) is 3.47. The van der Waals surface area contributed by atoms with Gasteiger partial charge in [0.1, 0.15) is 5.78 Å². The molecule has 0 aliphatic heterocycles. The number of nitrogens with two attached hydrogens (primary N) is 2. The molecule has 1 rings (SSSR count). The summed E-state index contributed by atoms with van der Waals surface area (Å²) in [5.74, 6) is 0.0969. The van der Waals surface area contributed by atoms with Crippen molar-refractivity contribution in [2.45, 2.75) is 25.8 Å². The van der Waals surface area contributed by atoms with E-state index < -0.39 is 0 Å². The molecule has 0 amide bonds. The Bertz CT molecular complexity index is 323. The van der Waals surface area contributed by atoms with Crippen LogP contribution in [0.3, 0.4) is 0 Å². The molecule has 0 fully saturated rings. The average Bonchev–Trinajstić information content (AvgIpc) is 2.07. The van der Waals surface area contributed by atoms with Gasteiger partial charge in [-0.15, -0.1) is 0 Å². The third-order valence-electron chi connectivity index (χ3n) is 1.88. The highest BCUT2D eigenvalue weighted by atomic mass is 16.1. The molecule has 14 heavy (non-hydrogen) atoms. The van der Waals surface area contributed by atoms with Crippen LogP contribution < -0.4 is 11.5 Å². The molecule has 0 spiro atoms. The van der Waals surface area contributed by atoms with Gasteiger partial charge in [0.25, 0.3) is 0 Å². The standard InChI is InChI=1S/C10H15N3O/c1-7(11)4-9(14)5-8-6-13-3-2-10(8)12/h2-3,6-7H,4-5,11H2,1H3,(H2,12,13). The largest absolute Gasteiger partial charge is 0.398 e. The fourth-order valence-electron chi connectivity index (χ4n) is 1.23. The van der Waals surface area contributed by atoms with Crippen molar-refractivity contribution in [3.05, 3.63) is 24.0 Å². The van der Waals surface area contributed by atoms with Crippen LogP contribution in [0.15, 0.2) is 18.5 Å². The fraction of sp³-hybridized carbons (Fsp3) is 0.400. The van der Waals surface area contributed by atoms with E-state index >= 15 is 0 Å². The Labute approximate surface area is 83.3 Å². The molecule has 1 unspecified atom stereocenters. The van der Waals surface area contributed by atoms with Gasteiger partial charge in [-0.1, -0.05) is 0 Å². The lowest BCUT2D eigenvalue weighted by atomic mass is 10.0. The second-order valence-corrected chi connectivity index (χ2v) is 3.47. The zero-order valence-electron chi connectivity index (χ0n) is 8.23. The van der Waals surface area contributed by atoms with Crippen LogP contribution in [0.2, 0.25) is 0 Å². The first-order valence-electron chi connectivity index (χ1n) is 4.55. The summed E-state index contributed by atoms with van der Waals surface area (Å²) >= 11 is 0. The molecule has 0 aliphatic rings. The van der Waals surface area contributed by atoms with Crippen molar-refractivity contribution in [3.63, 3.8) is 0 Å². The van der Waals surface area contributed by atoms with E-state index in [-0.39, 0.29) is 11.8 Å². The van der Waals surface area contributed by atoms with Gasteiger partial charge in [0.15, 0.2) is 0 Å². The van der Waals surface area contributed by atoms with Crippen molar-refractivity contribution >= 4 is 11.5 Å². The predicted molar refractivity (Wildman–Crippen MR) is 55.6 cm³/mol. The molecule has 1 aromatic rings. The first-order chi connectivity index (χ1) is 6.59. The van der Waals surface area contributed by atoms with Crippen LogP contribution in [0.1, 0.15) is 18.9 Å². The van der Waals surface area contributed by atoms with Crippen molar-refractivity contribution in [2.75, 3.05) is 5.73 Å². The van der Waals surface area contributed by atoms with Crippen LogP contribution in [0.25, 0.3) is 0 Å². The van der Waals surface area contributed by atoms with E-state index in [1.54, 1.807) is 18.5 Å². The zero-order valence-corrected chi connectivity index (χ0v) is 8.23. The predicted octanol–water partition coefficient (Wildman–Crippen LogP) is 0.513. The molecule has 0 bridgehead atoms. The number of carbonyl (C=O) groups excluding carboxylic acids is 1. The van der Waals surface area contributed by atoms with E-state index in [0.717, 1.165) is 5.56 Å². The summed E-state index contributed by atoms with van der Waals surface area (Å²) in [6.07, 6.45) is 3.93. The molecule has 76 valence electrons. The number of nitrogen functional groups attached to an aromatic ring is 1. The Hall–Kier alpha value is -1.42. The first kappa shape index (κ1) is 10.7. The summed E-state index contributed by atoms with van der Waals surface area (Å²) in [7, 11) is 0. The van der Waals surface area contributed by atoms with Crippen molar-refractivity contribution < 1.29 is 4.79 Å². The molecule has 1 atom stereocenters. The average molecular weight is 193 g/mol. The SMILES string of the molecule is CC(N)CC(=O)Cc1cnccc1N. The van der Waals surface area contributed by atoms with Gasteiger partial charge in [-0.3, -0.25) is 9.78 Å². The number of aromatic nitrogens is 1. The van der Waals surface area contributed by atoms with Gasteiger partial charge >= 0.3 is 0 Å². The van der Waals surface area contributed by atoms with Gasteiger partial charge in [0, 0.05) is 42.5 Å². The summed E-state index contributed by atoms with van der Waals surface area (Å²) in [5, 5.41) is 0. The van der Waals surface area contributed by atoms with Gasteiger partial charge in [-0.25, -0.2) is 0 Å². The van der Waals surface area contributed by atoms with Crippen LogP contribution in [0.4, 0.5) is 5.69 Å². The van der Waals surface area contributed by atoms with Gasteiger partial charge in [0.2, 0.25) is 0 Å². The number of hydrogen-bond donors (Lipinski definition) is 2. The molecule has 0 saturated carbocycles. The summed E-state index contributed by atoms with van der Waals surface area (Å²) in [4.78, 5) is 15.3. The number of Topliss-reactive ketones (excluding diaryl/α,β-unsaturated/α-hetero) is 1. The van der Waals surface area contributed by atoms with E-state index in [1.165, 1.54) is 0 Å². The minimum atomic E-state index is -0.0969. The highest BCUT2D eigenvalue weighted by Gasteiger charge is 2.08. The van der Waals surface area contributed by atoms with Gasteiger partial charge in [-0.05, 0) is 13.0 Å². The van der Waals surface area contributed by atoms with E-state index in [0.29, 0.717) is 18.5 Å². The number of nitrogens with zero attached hydrogens (tertiary/aromatic N) is 1. The van der Waals surface area contributed by atoms with Crippen molar-refractivity contribution in [1.82, 2.24) is 4.98 Å². The zero-order chi connectivity index (χ0) is 10.6. The topological polar surface area (TPSA) is 82.0 Å². The van der Waals surface area contributed by atoms with Crippen LogP contribution >= 0.6 is 0 Å². The molecule has 4 heteroatoms.